The molecule has 1 saturated carbocycles. The fourth-order valence-electron chi connectivity index (χ4n) is 3.09. The van der Waals surface area contributed by atoms with E-state index in [1.165, 1.54) is 32.8 Å². The fourth-order valence-corrected chi connectivity index (χ4v) is 3.09. The molecule has 19 heavy (non-hydrogen) atoms. The summed E-state index contributed by atoms with van der Waals surface area (Å²) < 4.78 is 11.0. The van der Waals surface area contributed by atoms with Crippen LogP contribution in [0.1, 0.15) is 57.8 Å². The molecule has 3 nitrogen and oxygen atoms in total. The van der Waals surface area contributed by atoms with E-state index in [-0.39, 0.29) is 11.9 Å². The van der Waals surface area contributed by atoms with Gasteiger partial charge in [-0.05, 0) is 44.9 Å². The van der Waals surface area contributed by atoms with E-state index in [2.05, 4.69) is 12.2 Å². The molecule has 0 amide bonds. The van der Waals surface area contributed by atoms with Gasteiger partial charge in [-0.2, -0.15) is 0 Å². The number of carbonyl (C=O) groups excluding carboxylic acids is 1. The van der Waals surface area contributed by atoms with Crippen LogP contribution >= 0.6 is 0 Å². The van der Waals surface area contributed by atoms with E-state index in [0.717, 1.165) is 32.1 Å². The minimum absolute atomic E-state index is 0.0516. The highest BCUT2D eigenvalue weighted by molar-refractivity contribution is 5.72. The minimum atomic E-state index is -0.0516. The molecule has 2 rings (SSSR count). The van der Waals surface area contributed by atoms with Crippen molar-refractivity contribution in [2.24, 2.45) is 5.92 Å². The van der Waals surface area contributed by atoms with Gasteiger partial charge in [0.05, 0.1) is 25.2 Å². The molecule has 0 saturated heterocycles. The summed E-state index contributed by atoms with van der Waals surface area (Å²) >= 11 is 0. The third-order valence-electron chi connectivity index (χ3n) is 4.29. The van der Waals surface area contributed by atoms with Crippen LogP contribution < -0.4 is 0 Å². The van der Waals surface area contributed by atoms with Crippen LogP contribution in [0.3, 0.4) is 0 Å². The fraction of sp³-hybridized carbons (Fsp3) is 0.812. The summed E-state index contributed by atoms with van der Waals surface area (Å²) in [6.07, 6.45) is 15.2. The normalized spacial score (nSPS) is 34.1. The number of hydrogen-bond donors (Lipinski definition) is 0. The van der Waals surface area contributed by atoms with Gasteiger partial charge < -0.3 is 9.47 Å². The first-order valence-corrected chi connectivity index (χ1v) is 7.69. The summed E-state index contributed by atoms with van der Waals surface area (Å²) in [7, 11) is 1.48. The van der Waals surface area contributed by atoms with Gasteiger partial charge in [0.25, 0.3) is 0 Å². The van der Waals surface area contributed by atoms with Crippen molar-refractivity contribution in [1.29, 1.82) is 0 Å². The second-order valence-electron chi connectivity index (χ2n) is 5.74. The van der Waals surface area contributed by atoms with Gasteiger partial charge >= 0.3 is 5.97 Å². The Bertz CT molecular complexity index is 303. The molecule has 1 fully saturated rings. The summed E-state index contributed by atoms with van der Waals surface area (Å²) in [6, 6.07) is 0. The predicted molar refractivity (Wildman–Crippen MR) is 74.9 cm³/mol. The molecule has 0 N–H and O–H groups in total. The van der Waals surface area contributed by atoms with E-state index in [1.54, 1.807) is 0 Å². The summed E-state index contributed by atoms with van der Waals surface area (Å²) in [4.78, 5) is 11.5. The summed E-state index contributed by atoms with van der Waals surface area (Å²) in [5.74, 6) is 0.0435. The van der Waals surface area contributed by atoms with Crippen molar-refractivity contribution in [3.8, 4) is 0 Å². The van der Waals surface area contributed by atoms with Gasteiger partial charge in [-0.1, -0.05) is 25.0 Å². The average molecular weight is 266 g/mol. The zero-order valence-corrected chi connectivity index (χ0v) is 12.0. The van der Waals surface area contributed by atoms with Gasteiger partial charge in [-0.15, -0.1) is 0 Å². The standard InChI is InChI=1S/C16H26O3/c1-18-16(17)13-9-11-15(12-10-13)19-14-7-5-3-2-4-6-8-14/h5,7,13-15H,2-4,6,8-12H2,1H3/b7-5+. The van der Waals surface area contributed by atoms with Crippen molar-refractivity contribution in [2.45, 2.75) is 70.0 Å². The number of allylic oxidation sites excluding steroid dienone is 1. The molecule has 0 bridgehead atoms. The SMILES string of the molecule is COC(=O)C1CCC(OC2/C=C/CCCCC2)CC1. The van der Waals surface area contributed by atoms with Crippen LogP contribution in [0.4, 0.5) is 0 Å². The number of methoxy groups -OCH3 is 1. The van der Waals surface area contributed by atoms with E-state index < -0.39 is 0 Å². The number of rotatable bonds is 3. The molecule has 2 aliphatic rings. The molecule has 0 heterocycles. The van der Waals surface area contributed by atoms with Crippen molar-refractivity contribution in [1.82, 2.24) is 0 Å². The number of carbonyl (C=O) groups is 1. The Kier molecular flexibility index (Phi) is 5.90. The quantitative estimate of drug-likeness (QED) is 0.578. The van der Waals surface area contributed by atoms with Crippen LogP contribution in [0.25, 0.3) is 0 Å². The first-order chi connectivity index (χ1) is 9.29. The monoisotopic (exact) mass is 266 g/mol. The molecule has 0 aromatic heterocycles. The molecule has 1 unspecified atom stereocenters. The first kappa shape index (κ1) is 14.6. The van der Waals surface area contributed by atoms with Crippen LogP contribution in [0.15, 0.2) is 12.2 Å². The highest BCUT2D eigenvalue weighted by Gasteiger charge is 2.28. The Morgan fingerprint density at radius 2 is 1.84 bits per heavy atom. The highest BCUT2D eigenvalue weighted by Crippen LogP contribution is 2.29. The number of ether oxygens (including phenoxy) is 2. The second-order valence-corrected chi connectivity index (χ2v) is 5.74. The lowest BCUT2D eigenvalue weighted by Crippen LogP contribution is -2.29. The Morgan fingerprint density at radius 1 is 1.05 bits per heavy atom. The molecule has 0 radical (unpaired) electrons. The Morgan fingerprint density at radius 3 is 2.58 bits per heavy atom. The highest BCUT2D eigenvalue weighted by atomic mass is 16.5. The van der Waals surface area contributed by atoms with Gasteiger partial charge in [0.2, 0.25) is 0 Å². The van der Waals surface area contributed by atoms with E-state index in [4.69, 9.17) is 9.47 Å². The van der Waals surface area contributed by atoms with Crippen molar-refractivity contribution in [2.75, 3.05) is 7.11 Å². The maximum absolute atomic E-state index is 11.5. The van der Waals surface area contributed by atoms with E-state index >= 15 is 0 Å². The van der Waals surface area contributed by atoms with Crippen molar-refractivity contribution < 1.29 is 14.3 Å². The van der Waals surface area contributed by atoms with Gasteiger partial charge in [0.1, 0.15) is 0 Å². The lowest BCUT2D eigenvalue weighted by atomic mass is 9.87. The minimum Gasteiger partial charge on any atom is -0.469 e. The Hall–Kier alpha value is -0.830. The van der Waals surface area contributed by atoms with Crippen molar-refractivity contribution in [3.05, 3.63) is 12.2 Å². The number of esters is 1. The molecule has 108 valence electrons. The second kappa shape index (κ2) is 7.68. The van der Waals surface area contributed by atoms with Crippen LogP contribution in [-0.4, -0.2) is 25.3 Å². The smallest absolute Gasteiger partial charge is 0.308 e. The summed E-state index contributed by atoms with van der Waals surface area (Å²) in [5, 5.41) is 0. The molecule has 0 aromatic carbocycles. The van der Waals surface area contributed by atoms with Crippen LogP contribution in [-0.2, 0) is 14.3 Å². The molecule has 0 aliphatic heterocycles. The van der Waals surface area contributed by atoms with Gasteiger partial charge in [0.15, 0.2) is 0 Å². The first-order valence-electron chi connectivity index (χ1n) is 7.69. The lowest BCUT2D eigenvalue weighted by Gasteiger charge is -2.30. The third-order valence-corrected chi connectivity index (χ3v) is 4.29. The van der Waals surface area contributed by atoms with E-state index in [1.807, 2.05) is 0 Å². The molecule has 1 atom stereocenters. The van der Waals surface area contributed by atoms with Gasteiger partial charge in [0, 0.05) is 0 Å². The van der Waals surface area contributed by atoms with Crippen LogP contribution in [0.2, 0.25) is 0 Å². The summed E-state index contributed by atoms with van der Waals surface area (Å²) in [6.45, 7) is 0. The zero-order chi connectivity index (χ0) is 13.5. The van der Waals surface area contributed by atoms with E-state index in [9.17, 15) is 4.79 Å². The zero-order valence-electron chi connectivity index (χ0n) is 12.0. The largest absolute Gasteiger partial charge is 0.469 e. The molecular weight excluding hydrogens is 240 g/mol. The molecular formula is C16H26O3. The lowest BCUT2D eigenvalue weighted by molar-refractivity contribution is -0.147. The van der Waals surface area contributed by atoms with Crippen LogP contribution in [0.5, 0.6) is 0 Å². The predicted octanol–water partition coefficient (Wildman–Crippen LogP) is 3.62. The number of hydrogen-bond acceptors (Lipinski definition) is 3. The third kappa shape index (κ3) is 4.64. The molecule has 0 spiro atoms. The topological polar surface area (TPSA) is 35.5 Å². The average Bonchev–Trinajstić information content (AvgIpc) is 2.41. The Labute approximate surface area is 116 Å². The van der Waals surface area contributed by atoms with Crippen LogP contribution in [0, 0.1) is 5.92 Å². The van der Waals surface area contributed by atoms with Crippen molar-refractivity contribution in [3.63, 3.8) is 0 Å². The Balaban J connectivity index is 1.75. The molecule has 2 aliphatic carbocycles. The van der Waals surface area contributed by atoms with Gasteiger partial charge in [-0.3, -0.25) is 4.79 Å². The molecule has 0 aromatic rings. The maximum atomic E-state index is 11.5. The van der Waals surface area contributed by atoms with Gasteiger partial charge in [-0.25, -0.2) is 0 Å². The molecule has 3 heteroatoms. The van der Waals surface area contributed by atoms with Crippen molar-refractivity contribution >= 4 is 5.97 Å². The maximum Gasteiger partial charge on any atom is 0.308 e. The summed E-state index contributed by atoms with van der Waals surface area (Å²) in [5.41, 5.74) is 0. The van der Waals surface area contributed by atoms with E-state index in [0.29, 0.717) is 12.2 Å².